The van der Waals surface area contributed by atoms with Crippen molar-refractivity contribution in [3.63, 3.8) is 0 Å². The molecule has 0 atom stereocenters. The molecule has 0 radical (unpaired) electrons. The van der Waals surface area contributed by atoms with Gasteiger partial charge in [0.1, 0.15) is 16.3 Å². The number of sulfone groups is 1. The highest BCUT2D eigenvalue weighted by atomic mass is 32.2. The molecule has 1 amide bonds. The molecule has 0 bridgehead atoms. The van der Waals surface area contributed by atoms with E-state index in [4.69, 9.17) is 0 Å². The van der Waals surface area contributed by atoms with E-state index < -0.39 is 46.7 Å². The average molecular weight is 387 g/mol. The summed E-state index contributed by atoms with van der Waals surface area (Å²) in [4.78, 5) is 11.1. The molecule has 1 fully saturated rings. The molecule has 1 N–H and O–H groups in total. The molecule has 12 heteroatoms. The molecule has 1 aliphatic heterocycles. The number of hydrogen-bond donors (Lipinski definition) is 1. The average Bonchev–Trinajstić information content (AvgIpc) is 2.37. The zero-order valence-corrected chi connectivity index (χ0v) is 13.1. The molecule has 142 valence electrons. The van der Waals surface area contributed by atoms with Crippen LogP contribution in [0.15, 0.2) is 0 Å². The van der Waals surface area contributed by atoms with Gasteiger partial charge in [-0.15, -0.1) is 0 Å². The Morgan fingerprint density at radius 2 is 1.50 bits per heavy atom. The van der Waals surface area contributed by atoms with Crippen molar-refractivity contribution < 1.29 is 43.9 Å². The lowest BCUT2D eigenvalue weighted by Gasteiger charge is -2.27. The largest absolute Gasteiger partial charge is 0.395 e. The van der Waals surface area contributed by atoms with E-state index in [9.17, 15) is 43.9 Å². The van der Waals surface area contributed by atoms with Gasteiger partial charge in [0.05, 0.1) is 11.5 Å². The lowest BCUT2D eigenvalue weighted by atomic mass is 9.99. The van der Waals surface area contributed by atoms with E-state index in [0.29, 0.717) is 0 Å². The van der Waals surface area contributed by atoms with Crippen LogP contribution >= 0.6 is 0 Å². The Kier molecular flexibility index (Phi) is 6.16. The second-order valence-corrected chi connectivity index (χ2v) is 8.01. The van der Waals surface area contributed by atoms with Gasteiger partial charge in [-0.25, -0.2) is 8.42 Å². The van der Waals surface area contributed by atoms with E-state index in [1.807, 2.05) is 0 Å². The summed E-state index contributed by atoms with van der Waals surface area (Å²) in [6, 6.07) is 0. The molecule has 1 heterocycles. The van der Waals surface area contributed by atoms with Crippen LogP contribution in [0.1, 0.15) is 25.7 Å². The molecule has 0 aromatic heterocycles. The smallest absolute Gasteiger partial charge is 0.351 e. The molecule has 0 aliphatic carbocycles. The summed E-state index contributed by atoms with van der Waals surface area (Å²) in [6.45, 7) is -0.457. The van der Waals surface area contributed by atoms with Crippen molar-refractivity contribution in [2.75, 3.05) is 18.1 Å². The monoisotopic (exact) mass is 387 g/mol. The van der Waals surface area contributed by atoms with Crippen molar-refractivity contribution in [2.24, 2.45) is 5.92 Å². The fourth-order valence-electron chi connectivity index (χ4n) is 2.26. The molecule has 0 saturated carbocycles. The SMILES string of the molecule is O=C(NCCC1CCS(=O)(=O)CC1)C(F)(F)C(F)(F)CC(F)(F)F. The number of hydrogen-bond acceptors (Lipinski definition) is 3. The Labute approximate surface area is 133 Å². The van der Waals surface area contributed by atoms with E-state index in [1.165, 1.54) is 5.32 Å². The standard InChI is InChI=1S/C12H16F7NO3S/c13-10(14,7-11(15,16)17)12(18,19)9(21)20-4-1-8-2-5-24(22,23)6-3-8/h8H,1-7H2,(H,20,21). The summed E-state index contributed by atoms with van der Waals surface area (Å²) < 4.78 is 111. The van der Waals surface area contributed by atoms with Gasteiger partial charge in [0.2, 0.25) is 0 Å². The third-order valence-electron chi connectivity index (χ3n) is 3.68. The summed E-state index contributed by atoms with van der Waals surface area (Å²) >= 11 is 0. The maximum atomic E-state index is 13.3. The lowest BCUT2D eigenvalue weighted by molar-refractivity contribution is -0.255. The van der Waals surface area contributed by atoms with E-state index in [-0.39, 0.29) is 36.7 Å². The number of halogens is 7. The Balaban J connectivity index is 2.51. The second kappa shape index (κ2) is 7.04. The number of carbonyl (C=O) groups excluding carboxylic acids is 1. The predicted molar refractivity (Wildman–Crippen MR) is 69.6 cm³/mol. The number of rotatable bonds is 6. The van der Waals surface area contributed by atoms with Crippen molar-refractivity contribution in [3.05, 3.63) is 0 Å². The Morgan fingerprint density at radius 3 is 1.96 bits per heavy atom. The lowest BCUT2D eigenvalue weighted by Crippen LogP contribution is -2.54. The first-order chi connectivity index (χ1) is 10.7. The quantitative estimate of drug-likeness (QED) is 0.713. The zero-order chi connectivity index (χ0) is 18.8. The van der Waals surface area contributed by atoms with Crippen molar-refractivity contribution in [1.29, 1.82) is 0 Å². The van der Waals surface area contributed by atoms with Crippen molar-refractivity contribution in [3.8, 4) is 0 Å². The maximum absolute atomic E-state index is 13.3. The minimum atomic E-state index is -5.56. The highest BCUT2D eigenvalue weighted by Crippen LogP contribution is 2.42. The van der Waals surface area contributed by atoms with Crippen LogP contribution in [0.3, 0.4) is 0 Å². The normalized spacial score (nSPS) is 20.0. The molecule has 4 nitrogen and oxygen atoms in total. The number of amides is 1. The number of carbonyl (C=O) groups is 1. The van der Waals surface area contributed by atoms with E-state index in [0.717, 1.165) is 0 Å². The van der Waals surface area contributed by atoms with E-state index >= 15 is 0 Å². The highest BCUT2D eigenvalue weighted by molar-refractivity contribution is 7.91. The summed E-state index contributed by atoms with van der Waals surface area (Å²) in [5, 5.41) is 1.50. The zero-order valence-electron chi connectivity index (χ0n) is 12.3. The number of nitrogens with one attached hydrogen (secondary N) is 1. The summed E-state index contributed by atoms with van der Waals surface area (Å²) in [5.74, 6) is -13.9. The molecular formula is C12H16F7NO3S. The van der Waals surface area contributed by atoms with Gasteiger partial charge in [0, 0.05) is 6.54 Å². The molecule has 1 aliphatic rings. The van der Waals surface area contributed by atoms with Crippen molar-refractivity contribution >= 4 is 15.7 Å². The molecule has 0 aromatic carbocycles. The topological polar surface area (TPSA) is 63.2 Å². The molecule has 1 saturated heterocycles. The molecule has 0 aromatic rings. The van der Waals surface area contributed by atoms with Gasteiger partial charge in [-0.3, -0.25) is 4.79 Å². The number of alkyl halides is 7. The first kappa shape index (κ1) is 21.0. The van der Waals surface area contributed by atoms with Crippen molar-refractivity contribution in [2.45, 2.75) is 43.7 Å². The van der Waals surface area contributed by atoms with Gasteiger partial charge >= 0.3 is 18.0 Å². The van der Waals surface area contributed by atoms with Gasteiger partial charge in [-0.1, -0.05) is 0 Å². The molecule has 0 spiro atoms. The third kappa shape index (κ3) is 5.78. The summed E-state index contributed by atoms with van der Waals surface area (Å²) in [6.07, 6.45) is -8.10. The van der Waals surface area contributed by atoms with Crippen LogP contribution < -0.4 is 5.32 Å². The highest BCUT2D eigenvalue weighted by Gasteiger charge is 2.65. The van der Waals surface area contributed by atoms with Crippen LogP contribution in [0.5, 0.6) is 0 Å². The minimum Gasteiger partial charge on any atom is -0.351 e. The fraction of sp³-hybridized carbons (Fsp3) is 0.917. The minimum absolute atomic E-state index is 0.0716. The van der Waals surface area contributed by atoms with Crippen LogP contribution in [0.4, 0.5) is 30.7 Å². The fourth-order valence-corrected chi connectivity index (χ4v) is 3.85. The Bertz CT molecular complexity index is 545. The predicted octanol–water partition coefficient (Wildman–Crippen LogP) is 2.54. The van der Waals surface area contributed by atoms with Crippen LogP contribution in [0.25, 0.3) is 0 Å². The third-order valence-corrected chi connectivity index (χ3v) is 5.39. The summed E-state index contributed by atoms with van der Waals surface area (Å²) in [5.41, 5.74) is 0. The molecular weight excluding hydrogens is 371 g/mol. The van der Waals surface area contributed by atoms with Crippen LogP contribution in [-0.4, -0.2) is 50.4 Å². The first-order valence-corrected chi connectivity index (χ1v) is 8.79. The Morgan fingerprint density at radius 1 is 1.00 bits per heavy atom. The second-order valence-electron chi connectivity index (χ2n) is 5.71. The molecule has 1 rings (SSSR count). The maximum Gasteiger partial charge on any atom is 0.395 e. The Hall–Kier alpha value is -1.07. The van der Waals surface area contributed by atoms with Gasteiger partial charge in [-0.05, 0) is 25.2 Å². The molecule has 24 heavy (non-hydrogen) atoms. The molecule has 0 unspecified atom stereocenters. The first-order valence-electron chi connectivity index (χ1n) is 6.97. The van der Waals surface area contributed by atoms with Gasteiger partial charge in [0.25, 0.3) is 5.91 Å². The van der Waals surface area contributed by atoms with Crippen molar-refractivity contribution in [1.82, 2.24) is 5.32 Å². The van der Waals surface area contributed by atoms with Crippen LogP contribution in [0, 0.1) is 5.92 Å². The van der Waals surface area contributed by atoms with E-state index in [1.54, 1.807) is 0 Å². The van der Waals surface area contributed by atoms with Gasteiger partial charge < -0.3 is 5.32 Å². The van der Waals surface area contributed by atoms with Gasteiger partial charge in [-0.2, -0.15) is 30.7 Å². The summed E-state index contributed by atoms with van der Waals surface area (Å²) in [7, 11) is -3.13. The van der Waals surface area contributed by atoms with Crippen LogP contribution in [0.2, 0.25) is 0 Å². The van der Waals surface area contributed by atoms with E-state index in [2.05, 4.69) is 0 Å². The van der Waals surface area contributed by atoms with Gasteiger partial charge in [0.15, 0.2) is 0 Å². The van der Waals surface area contributed by atoms with Crippen LogP contribution in [-0.2, 0) is 14.6 Å².